The Morgan fingerprint density at radius 1 is 1.11 bits per heavy atom. The van der Waals surface area contributed by atoms with Crippen molar-refractivity contribution in [1.82, 2.24) is 9.66 Å². The highest BCUT2D eigenvalue weighted by atomic mass is 79.9. The summed E-state index contributed by atoms with van der Waals surface area (Å²) in [5.74, 6) is 1.35. The van der Waals surface area contributed by atoms with Crippen molar-refractivity contribution in [1.29, 1.82) is 0 Å². The number of methoxy groups -OCH3 is 1. The predicted octanol–water partition coefficient (Wildman–Crippen LogP) is 5.79. The van der Waals surface area contributed by atoms with E-state index in [1.54, 1.807) is 43.5 Å². The Bertz CT molecular complexity index is 1770. The van der Waals surface area contributed by atoms with E-state index in [1.807, 2.05) is 31.2 Å². The predicted molar refractivity (Wildman–Crippen MR) is 147 cm³/mol. The molecule has 10 heteroatoms. The molecule has 0 aliphatic carbocycles. The van der Waals surface area contributed by atoms with Crippen LogP contribution in [-0.4, -0.2) is 35.6 Å². The van der Waals surface area contributed by atoms with E-state index in [1.165, 1.54) is 17.8 Å². The van der Waals surface area contributed by atoms with Gasteiger partial charge in [-0.3, -0.25) is 9.59 Å². The number of hydrogen-bond acceptors (Lipinski definition) is 8. The number of hydrogen-bond donors (Lipinski definition) is 0. The van der Waals surface area contributed by atoms with E-state index in [-0.39, 0.29) is 17.1 Å². The number of ether oxygens (including phenoxy) is 3. The Morgan fingerprint density at radius 3 is 2.68 bits per heavy atom. The summed E-state index contributed by atoms with van der Waals surface area (Å²) in [6, 6.07) is 17.6. The first-order valence-corrected chi connectivity index (χ1v) is 12.5. The molecule has 0 radical (unpaired) electrons. The largest absolute Gasteiger partial charge is 0.496 e. The first-order chi connectivity index (χ1) is 18.4. The highest BCUT2D eigenvalue weighted by Crippen LogP contribution is 2.37. The van der Waals surface area contributed by atoms with Crippen LogP contribution in [0.25, 0.3) is 33.5 Å². The Kier molecular flexibility index (Phi) is 6.97. The molecule has 2 aromatic heterocycles. The highest BCUT2D eigenvalue weighted by Gasteiger charge is 2.18. The van der Waals surface area contributed by atoms with E-state index in [9.17, 15) is 9.59 Å². The maximum Gasteiger partial charge on any atom is 0.308 e. The van der Waals surface area contributed by atoms with Crippen LogP contribution < -0.4 is 19.8 Å². The number of carbonyl (C=O) groups excluding carboxylic acids is 1. The second-order valence-electron chi connectivity index (χ2n) is 8.15. The fraction of sp³-hybridized carbons (Fsp3) is 0.143. The number of carbonyl (C=O) groups is 1. The van der Waals surface area contributed by atoms with Crippen molar-refractivity contribution in [2.24, 2.45) is 5.10 Å². The van der Waals surface area contributed by atoms with Gasteiger partial charge in [-0.2, -0.15) is 9.78 Å². The summed E-state index contributed by atoms with van der Waals surface area (Å²) in [5, 5.41) is 5.64. The monoisotopic (exact) mass is 575 g/mol. The molecule has 192 valence electrons. The third kappa shape index (κ3) is 4.78. The second-order valence-corrected chi connectivity index (χ2v) is 9.01. The molecule has 5 aromatic rings. The third-order valence-electron chi connectivity index (χ3n) is 5.62. The van der Waals surface area contributed by atoms with Crippen molar-refractivity contribution >= 4 is 50.0 Å². The van der Waals surface area contributed by atoms with Crippen LogP contribution in [0.4, 0.5) is 0 Å². The average molecular weight is 576 g/mol. The number of benzene rings is 3. The van der Waals surface area contributed by atoms with Gasteiger partial charge in [0.2, 0.25) is 5.82 Å². The van der Waals surface area contributed by atoms with Gasteiger partial charge in [0.15, 0.2) is 17.3 Å². The van der Waals surface area contributed by atoms with Gasteiger partial charge >= 0.3 is 5.97 Å². The van der Waals surface area contributed by atoms with Crippen LogP contribution in [0.2, 0.25) is 0 Å². The molecule has 0 saturated carbocycles. The minimum absolute atomic E-state index is 0.226. The number of rotatable bonds is 7. The molecule has 0 unspecified atom stereocenters. The van der Waals surface area contributed by atoms with E-state index < -0.39 is 5.97 Å². The number of halogens is 1. The fourth-order valence-electron chi connectivity index (χ4n) is 4.01. The van der Waals surface area contributed by atoms with Crippen LogP contribution >= 0.6 is 15.9 Å². The summed E-state index contributed by atoms with van der Waals surface area (Å²) in [5.41, 5.74) is 1.32. The average Bonchev–Trinajstić information content (AvgIpc) is 3.34. The standard InChI is InChI=1S/C28H22BrN3O6/c1-4-36-24-13-17(12-20(29)26(24)37-16(2)33)15-30-32-27(31-21-9-6-5-8-18(21)28(32)34)25-14-19-22(35-3)10-7-11-23(19)38-25/h5-15H,4H2,1-3H3. The number of para-hydroxylation sites is 1. The van der Waals surface area contributed by atoms with Crippen molar-refractivity contribution in [3.8, 4) is 28.8 Å². The van der Waals surface area contributed by atoms with Gasteiger partial charge < -0.3 is 18.6 Å². The van der Waals surface area contributed by atoms with E-state index in [2.05, 4.69) is 21.0 Å². The molecule has 0 fully saturated rings. The molecular formula is C28H22BrN3O6. The molecule has 5 rings (SSSR count). The quantitative estimate of drug-likeness (QED) is 0.137. The van der Waals surface area contributed by atoms with Crippen molar-refractivity contribution in [3.63, 3.8) is 0 Å². The Morgan fingerprint density at radius 2 is 1.92 bits per heavy atom. The van der Waals surface area contributed by atoms with Crippen LogP contribution in [0.1, 0.15) is 19.4 Å². The molecule has 0 bridgehead atoms. The number of nitrogens with zero attached hydrogens (tertiary/aromatic N) is 3. The topological polar surface area (TPSA) is 105 Å². The smallest absolute Gasteiger partial charge is 0.308 e. The van der Waals surface area contributed by atoms with Crippen molar-refractivity contribution in [2.75, 3.05) is 13.7 Å². The summed E-state index contributed by atoms with van der Waals surface area (Å²) >= 11 is 3.43. The molecule has 0 aliphatic heterocycles. The Hall–Kier alpha value is -4.44. The first-order valence-electron chi connectivity index (χ1n) is 11.7. The van der Waals surface area contributed by atoms with Crippen molar-refractivity contribution < 1.29 is 23.4 Å². The zero-order valence-electron chi connectivity index (χ0n) is 20.7. The lowest BCUT2D eigenvalue weighted by Gasteiger charge is -2.12. The van der Waals surface area contributed by atoms with Gasteiger partial charge in [-0.25, -0.2) is 4.98 Å². The molecule has 0 saturated heterocycles. The number of fused-ring (bicyclic) bond motifs is 2. The SMILES string of the molecule is CCOc1cc(C=Nn2c(-c3cc4c(OC)cccc4o3)nc3ccccc3c2=O)cc(Br)c1OC(C)=O. The van der Waals surface area contributed by atoms with Crippen LogP contribution in [-0.2, 0) is 4.79 Å². The van der Waals surface area contributed by atoms with Gasteiger partial charge in [-0.15, -0.1) is 0 Å². The van der Waals surface area contributed by atoms with Gasteiger partial charge in [0.1, 0.15) is 11.3 Å². The molecule has 0 aliphatic rings. The molecule has 0 spiro atoms. The summed E-state index contributed by atoms with van der Waals surface area (Å²) in [6.45, 7) is 3.49. The highest BCUT2D eigenvalue weighted by molar-refractivity contribution is 9.10. The third-order valence-corrected chi connectivity index (χ3v) is 6.20. The normalized spacial score (nSPS) is 11.4. The van der Waals surface area contributed by atoms with Crippen LogP contribution in [0, 0.1) is 0 Å². The minimum Gasteiger partial charge on any atom is -0.496 e. The summed E-state index contributed by atoms with van der Waals surface area (Å²) in [7, 11) is 1.58. The van der Waals surface area contributed by atoms with Gasteiger partial charge in [0, 0.05) is 6.92 Å². The molecule has 38 heavy (non-hydrogen) atoms. The second kappa shape index (κ2) is 10.5. The summed E-state index contributed by atoms with van der Waals surface area (Å²) in [4.78, 5) is 29.8. The molecule has 9 nitrogen and oxygen atoms in total. The number of aromatic nitrogens is 2. The van der Waals surface area contributed by atoms with E-state index in [4.69, 9.17) is 23.6 Å². The lowest BCUT2D eigenvalue weighted by atomic mass is 10.2. The zero-order valence-corrected chi connectivity index (χ0v) is 22.3. The van der Waals surface area contributed by atoms with Gasteiger partial charge in [-0.1, -0.05) is 18.2 Å². The minimum atomic E-state index is -0.478. The lowest BCUT2D eigenvalue weighted by Crippen LogP contribution is -2.20. The molecule has 0 N–H and O–H groups in total. The zero-order chi connectivity index (χ0) is 26.8. The summed E-state index contributed by atoms with van der Waals surface area (Å²) < 4.78 is 24.2. The van der Waals surface area contributed by atoms with Crippen molar-refractivity contribution in [2.45, 2.75) is 13.8 Å². The Labute approximate surface area is 225 Å². The summed E-state index contributed by atoms with van der Waals surface area (Å²) in [6.07, 6.45) is 1.50. The maximum absolute atomic E-state index is 13.5. The van der Waals surface area contributed by atoms with E-state index in [0.29, 0.717) is 50.4 Å². The molecule has 0 amide bonds. The van der Waals surface area contributed by atoms with E-state index in [0.717, 1.165) is 5.39 Å². The van der Waals surface area contributed by atoms with Crippen LogP contribution in [0.5, 0.6) is 17.2 Å². The van der Waals surface area contributed by atoms with Gasteiger partial charge in [-0.05, 0) is 70.9 Å². The molecular weight excluding hydrogens is 554 g/mol. The molecule has 3 aromatic carbocycles. The van der Waals surface area contributed by atoms with Gasteiger partial charge in [0.05, 0.1) is 40.7 Å². The van der Waals surface area contributed by atoms with E-state index >= 15 is 0 Å². The first kappa shape index (κ1) is 25.2. The Balaban J connectivity index is 1.67. The lowest BCUT2D eigenvalue weighted by molar-refractivity contribution is -0.132. The van der Waals surface area contributed by atoms with Crippen LogP contribution in [0.3, 0.4) is 0 Å². The fourth-order valence-corrected chi connectivity index (χ4v) is 4.55. The number of furan rings is 1. The van der Waals surface area contributed by atoms with Crippen LogP contribution in [0.15, 0.2) is 79.4 Å². The van der Waals surface area contributed by atoms with Crippen molar-refractivity contribution in [3.05, 3.63) is 81.1 Å². The maximum atomic E-state index is 13.5. The molecule has 0 atom stereocenters. The van der Waals surface area contributed by atoms with Gasteiger partial charge in [0.25, 0.3) is 5.56 Å². The molecule has 2 heterocycles. The number of esters is 1.